The molecule has 2 saturated heterocycles. The van der Waals surface area contributed by atoms with Gasteiger partial charge in [0.25, 0.3) is 11.8 Å². The van der Waals surface area contributed by atoms with Crippen LogP contribution in [0.25, 0.3) is 0 Å². The zero-order chi connectivity index (χ0) is 35.1. The van der Waals surface area contributed by atoms with Crippen LogP contribution in [-0.4, -0.2) is 105 Å². The molecule has 21 heteroatoms. The molecule has 1 atom stereocenters. The van der Waals surface area contributed by atoms with Gasteiger partial charge in [-0.05, 0) is 18.6 Å². The Bertz CT molecular complexity index is 1510. The first-order valence-electron chi connectivity index (χ1n) is 13.4. The Morgan fingerprint density at radius 1 is 0.915 bits per heavy atom. The van der Waals surface area contributed by atoms with Gasteiger partial charge in [-0.3, -0.25) is 24.5 Å². The third-order valence-corrected chi connectivity index (χ3v) is 6.62. The number of piperidine rings is 1. The lowest BCUT2D eigenvalue weighted by Crippen LogP contribution is -2.52. The minimum atomic E-state index is -5.08. The predicted octanol–water partition coefficient (Wildman–Crippen LogP) is 1.17. The fraction of sp³-hybridized carbons (Fsp3) is 0.385. The molecule has 5 rings (SSSR count). The summed E-state index contributed by atoms with van der Waals surface area (Å²) in [5, 5.41) is 22.6. The molecule has 15 nitrogen and oxygen atoms in total. The number of piperazine rings is 1. The van der Waals surface area contributed by atoms with Crippen LogP contribution in [0, 0.1) is 0 Å². The number of alkyl halides is 6. The first-order valence-corrected chi connectivity index (χ1v) is 13.4. The van der Waals surface area contributed by atoms with Crippen molar-refractivity contribution in [3.8, 4) is 0 Å². The van der Waals surface area contributed by atoms with Crippen molar-refractivity contribution in [1.29, 1.82) is 0 Å². The van der Waals surface area contributed by atoms with Crippen LogP contribution in [0.4, 0.5) is 38.0 Å². The van der Waals surface area contributed by atoms with Crippen molar-refractivity contribution < 1.29 is 65.3 Å². The smallest absolute Gasteiger partial charge is 0.475 e. The molecule has 4 amide bonds. The van der Waals surface area contributed by atoms with Crippen LogP contribution in [-0.2, 0) is 25.7 Å². The van der Waals surface area contributed by atoms with Gasteiger partial charge in [-0.25, -0.2) is 19.6 Å². The number of benzene rings is 1. The van der Waals surface area contributed by atoms with E-state index in [4.69, 9.17) is 19.8 Å². The van der Waals surface area contributed by atoms with Crippen LogP contribution in [0.5, 0.6) is 0 Å². The molecule has 0 spiro atoms. The van der Waals surface area contributed by atoms with Crippen molar-refractivity contribution >= 4 is 47.2 Å². The van der Waals surface area contributed by atoms with Gasteiger partial charge < -0.3 is 30.6 Å². The molecule has 2 aromatic rings. The van der Waals surface area contributed by atoms with E-state index in [2.05, 4.69) is 30.8 Å². The number of imide groups is 1. The fourth-order valence-electron chi connectivity index (χ4n) is 4.36. The number of hydrogen-bond donors (Lipinski definition) is 5. The van der Waals surface area contributed by atoms with E-state index in [0.717, 1.165) is 26.2 Å². The minimum absolute atomic E-state index is 0.176. The lowest BCUT2D eigenvalue weighted by molar-refractivity contribution is -0.193. The zero-order valence-corrected chi connectivity index (χ0v) is 23.8. The van der Waals surface area contributed by atoms with Crippen LogP contribution in [0.15, 0.2) is 30.6 Å². The number of aromatic nitrogens is 2. The summed E-state index contributed by atoms with van der Waals surface area (Å²) in [6.45, 7) is 3.51. The number of rotatable bonds is 4. The molecule has 0 aliphatic carbocycles. The predicted molar refractivity (Wildman–Crippen MR) is 145 cm³/mol. The van der Waals surface area contributed by atoms with Gasteiger partial charge in [0.15, 0.2) is 0 Å². The number of carbonyl (C=O) groups is 6. The molecule has 0 bridgehead atoms. The molecule has 47 heavy (non-hydrogen) atoms. The number of carboxylic acids is 2. The topological polar surface area (TPSA) is 211 Å². The van der Waals surface area contributed by atoms with Crippen molar-refractivity contribution in [2.24, 2.45) is 0 Å². The van der Waals surface area contributed by atoms with E-state index < -0.39 is 36.2 Å². The Balaban J connectivity index is 0.000000360. The summed E-state index contributed by atoms with van der Waals surface area (Å²) in [7, 11) is 0. The highest BCUT2D eigenvalue weighted by atomic mass is 19.4. The summed E-state index contributed by atoms with van der Waals surface area (Å²) < 4.78 is 63.5. The molecule has 1 aromatic carbocycles. The maximum absolute atomic E-state index is 12.9. The normalized spacial score (nSPS) is 17.7. The lowest BCUT2D eigenvalue weighted by atomic mass is 10.0. The highest BCUT2D eigenvalue weighted by Gasteiger charge is 2.40. The van der Waals surface area contributed by atoms with Gasteiger partial charge in [0, 0.05) is 68.4 Å². The monoisotopic (exact) mass is 677 g/mol. The first-order chi connectivity index (χ1) is 21.9. The number of aliphatic carboxylic acids is 2. The number of anilines is 2. The molecule has 2 fully saturated rings. The molecule has 0 radical (unpaired) electrons. The second-order valence-corrected chi connectivity index (χ2v) is 9.80. The fourth-order valence-corrected chi connectivity index (χ4v) is 4.36. The number of halogens is 6. The Morgan fingerprint density at radius 2 is 1.47 bits per heavy atom. The van der Waals surface area contributed by atoms with Crippen molar-refractivity contribution in [1.82, 2.24) is 25.5 Å². The zero-order valence-electron chi connectivity index (χ0n) is 23.8. The summed E-state index contributed by atoms with van der Waals surface area (Å²) in [4.78, 5) is 79.5. The molecule has 3 aliphatic heterocycles. The third kappa shape index (κ3) is 9.58. The van der Waals surface area contributed by atoms with E-state index in [0.29, 0.717) is 28.3 Å². The van der Waals surface area contributed by atoms with E-state index in [1.165, 1.54) is 17.3 Å². The van der Waals surface area contributed by atoms with E-state index in [9.17, 15) is 45.5 Å². The van der Waals surface area contributed by atoms with Gasteiger partial charge in [-0.1, -0.05) is 6.07 Å². The molecule has 254 valence electrons. The maximum atomic E-state index is 12.9. The Hall–Kier alpha value is -5.34. The number of carboxylic acid groups (broad SMARTS) is 2. The van der Waals surface area contributed by atoms with Crippen molar-refractivity contribution in [2.75, 3.05) is 36.4 Å². The summed E-state index contributed by atoms with van der Waals surface area (Å²) in [6.07, 6.45) is -6.72. The van der Waals surface area contributed by atoms with Gasteiger partial charge in [0.2, 0.25) is 17.8 Å². The Labute approximate surface area is 259 Å². The number of carbonyl (C=O) groups excluding carboxylic acids is 4. The largest absolute Gasteiger partial charge is 0.490 e. The van der Waals surface area contributed by atoms with E-state index in [1.807, 2.05) is 0 Å². The van der Waals surface area contributed by atoms with Crippen molar-refractivity contribution in [2.45, 2.75) is 37.8 Å². The second kappa shape index (κ2) is 14.8. The summed E-state index contributed by atoms with van der Waals surface area (Å²) >= 11 is 0. The SMILES string of the molecule is O=C(O)C(F)(F)F.O=C(O)C(F)(F)F.O=C1CCC(N2Cc3c(NC(=O)c4cnc(N5CCNCC5)nc4)cccc3C2=O)C(=O)N1. The van der Waals surface area contributed by atoms with Crippen molar-refractivity contribution in [3.63, 3.8) is 0 Å². The van der Waals surface area contributed by atoms with Crippen LogP contribution >= 0.6 is 0 Å². The average molecular weight is 678 g/mol. The maximum Gasteiger partial charge on any atom is 0.490 e. The van der Waals surface area contributed by atoms with E-state index in [-0.39, 0.29) is 37.1 Å². The van der Waals surface area contributed by atoms with E-state index in [1.54, 1.807) is 18.2 Å². The first kappa shape index (κ1) is 36.1. The van der Waals surface area contributed by atoms with Gasteiger partial charge in [-0.15, -0.1) is 0 Å². The molecule has 1 unspecified atom stereocenters. The van der Waals surface area contributed by atoms with Gasteiger partial charge in [0.1, 0.15) is 6.04 Å². The van der Waals surface area contributed by atoms with Gasteiger partial charge in [-0.2, -0.15) is 26.3 Å². The molecular formula is C26H25F6N7O8. The number of nitrogens with zero attached hydrogens (tertiary/aromatic N) is 4. The van der Waals surface area contributed by atoms with Gasteiger partial charge >= 0.3 is 24.3 Å². The van der Waals surface area contributed by atoms with Crippen LogP contribution < -0.4 is 20.9 Å². The molecule has 5 N–H and O–H groups in total. The average Bonchev–Trinajstić information content (AvgIpc) is 3.34. The Morgan fingerprint density at radius 3 is 1.98 bits per heavy atom. The number of amides is 4. The van der Waals surface area contributed by atoms with Crippen LogP contribution in [0.3, 0.4) is 0 Å². The van der Waals surface area contributed by atoms with Crippen molar-refractivity contribution in [3.05, 3.63) is 47.3 Å². The lowest BCUT2D eigenvalue weighted by Gasteiger charge is -2.29. The highest BCUT2D eigenvalue weighted by molar-refractivity contribution is 6.08. The number of nitrogens with one attached hydrogen (secondary N) is 3. The molecule has 1 aromatic heterocycles. The quantitative estimate of drug-likeness (QED) is 0.228. The number of hydrogen-bond acceptors (Lipinski definition) is 10. The third-order valence-electron chi connectivity index (χ3n) is 6.62. The second-order valence-electron chi connectivity index (χ2n) is 9.80. The summed E-state index contributed by atoms with van der Waals surface area (Å²) in [5.41, 5.74) is 1.87. The summed E-state index contributed by atoms with van der Waals surface area (Å²) in [6, 6.07) is 4.36. The van der Waals surface area contributed by atoms with Crippen LogP contribution in [0.2, 0.25) is 0 Å². The molecule has 3 aliphatic rings. The number of fused-ring (bicyclic) bond motifs is 1. The Kier molecular flexibility index (Phi) is 11.4. The van der Waals surface area contributed by atoms with E-state index >= 15 is 0 Å². The van der Waals surface area contributed by atoms with Gasteiger partial charge in [0.05, 0.1) is 5.56 Å². The standard InChI is InChI=1S/C22H23N7O4.2C2HF3O2/c30-18-5-4-17(20(32)27-18)29-12-15-14(21(29)33)2-1-3-16(15)26-19(31)13-10-24-22(25-11-13)28-8-6-23-7-9-28;2*3-2(4,5)1(6)7/h1-3,10-11,17,23H,4-9,12H2,(H,26,31)(H,27,30,32);2*(H,6,7). The molecule has 4 heterocycles. The minimum Gasteiger partial charge on any atom is -0.475 e. The molecule has 0 saturated carbocycles. The van der Waals surface area contributed by atoms with Crippen LogP contribution in [0.1, 0.15) is 39.1 Å². The highest BCUT2D eigenvalue weighted by Crippen LogP contribution is 2.32. The summed E-state index contributed by atoms with van der Waals surface area (Å²) in [5.74, 6) is -6.42. The molecular weight excluding hydrogens is 652 g/mol.